The smallest absolute Gasteiger partial charge is 0.319 e. The summed E-state index contributed by atoms with van der Waals surface area (Å²) >= 11 is 0. The Morgan fingerprint density at radius 1 is 1.35 bits per heavy atom. The zero-order chi connectivity index (χ0) is 14.0. The van der Waals surface area contributed by atoms with Crippen molar-refractivity contribution in [1.82, 2.24) is 5.32 Å². The second-order valence-electron chi connectivity index (χ2n) is 4.81. The molecule has 1 atom stereocenters. The summed E-state index contributed by atoms with van der Waals surface area (Å²) in [6, 6.07) is 9.20. The fraction of sp³-hybridized carbons (Fsp3) is 0.533. The van der Waals surface area contributed by atoms with Crippen LogP contribution in [-0.2, 0) is 9.47 Å². The number of urea groups is 1. The Kier molecular flexibility index (Phi) is 6.34. The van der Waals surface area contributed by atoms with Gasteiger partial charge in [-0.2, -0.15) is 0 Å². The number of benzene rings is 1. The van der Waals surface area contributed by atoms with Crippen molar-refractivity contribution in [3.05, 3.63) is 30.3 Å². The van der Waals surface area contributed by atoms with Crippen LogP contribution in [0.4, 0.5) is 10.5 Å². The highest BCUT2D eigenvalue weighted by atomic mass is 16.5. The van der Waals surface area contributed by atoms with Gasteiger partial charge in [0.25, 0.3) is 0 Å². The van der Waals surface area contributed by atoms with Crippen molar-refractivity contribution >= 4 is 11.7 Å². The molecule has 20 heavy (non-hydrogen) atoms. The molecule has 2 N–H and O–H groups in total. The standard InChI is InChI=1S/C15H22N2O3/c18-15(17-13-6-2-1-3-7-13)16-9-5-10-19-12-14-8-4-11-20-14/h1-3,6-7,14H,4-5,8-12H2,(H2,16,17,18). The number of para-hydroxylation sites is 1. The lowest BCUT2D eigenvalue weighted by Crippen LogP contribution is -2.30. The molecule has 2 amide bonds. The lowest BCUT2D eigenvalue weighted by atomic mass is 10.2. The number of carbonyl (C=O) groups is 1. The minimum absolute atomic E-state index is 0.185. The molecule has 0 aromatic heterocycles. The molecule has 1 aromatic rings. The van der Waals surface area contributed by atoms with Crippen LogP contribution in [0.5, 0.6) is 0 Å². The molecule has 2 rings (SSSR count). The van der Waals surface area contributed by atoms with E-state index < -0.39 is 0 Å². The summed E-state index contributed by atoms with van der Waals surface area (Å²) in [6.45, 7) is 2.76. The monoisotopic (exact) mass is 278 g/mol. The zero-order valence-corrected chi connectivity index (χ0v) is 11.6. The van der Waals surface area contributed by atoms with E-state index in [0.29, 0.717) is 19.8 Å². The van der Waals surface area contributed by atoms with Gasteiger partial charge in [0.1, 0.15) is 0 Å². The third-order valence-corrected chi connectivity index (χ3v) is 3.11. The Morgan fingerprint density at radius 3 is 2.95 bits per heavy atom. The lowest BCUT2D eigenvalue weighted by Gasteiger charge is -2.10. The third-order valence-electron chi connectivity index (χ3n) is 3.11. The quantitative estimate of drug-likeness (QED) is 0.753. The fourth-order valence-electron chi connectivity index (χ4n) is 2.06. The minimum atomic E-state index is -0.185. The van der Waals surface area contributed by atoms with Crippen LogP contribution in [0.3, 0.4) is 0 Å². The van der Waals surface area contributed by atoms with Gasteiger partial charge >= 0.3 is 6.03 Å². The molecule has 5 nitrogen and oxygen atoms in total. The molecule has 5 heteroatoms. The van der Waals surface area contributed by atoms with Gasteiger partial charge in [-0.3, -0.25) is 0 Å². The molecule has 0 bridgehead atoms. The fourth-order valence-corrected chi connectivity index (χ4v) is 2.06. The number of nitrogens with one attached hydrogen (secondary N) is 2. The van der Waals surface area contributed by atoms with Crippen molar-refractivity contribution in [3.63, 3.8) is 0 Å². The molecular formula is C15H22N2O3. The van der Waals surface area contributed by atoms with Gasteiger partial charge in [0.15, 0.2) is 0 Å². The van der Waals surface area contributed by atoms with Gasteiger partial charge < -0.3 is 20.1 Å². The van der Waals surface area contributed by atoms with Gasteiger partial charge in [0.2, 0.25) is 0 Å². The highest BCUT2D eigenvalue weighted by molar-refractivity contribution is 5.89. The second-order valence-corrected chi connectivity index (χ2v) is 4.81. The molecular weight excluding hydrogens is 256 g/mol. The molecule has 1 fully saturated rings. The van der Waals surface area contributed by atoms with Crippen molar-refractivity contribution in [2.24, 2.45) is 0 Å². The van der Waals surface area contributed by atoms with Crippen molar-refractivity contribution in [3.8, 4) is 0 Å². The summed E-state index contributed by atoms with van der Waals surface area (Å²) in [7, 11) is 0. The van der Waals surface area contributed by atoms with Crippen LogP contribution in [0.1, 0.15) is 19.3 Å². The molecule has 1 unspecified atom stereocenters. The van der Waals surface area contributed by atoms with Crippen LogP contribution in [0, 0.1) is 0 Å². The van der Waals surface area contributed by atoms with Gasteiger partial charge in [-0.15, -0.1) is 0 Å². The van der Waals surface area contributed by atoms with Crippen molar-refractivity contribution in [1.29, 1.82) is 0 Å². The van der Waals surface area contributed by atoms with Crippen LogP contribution < -0.4 is 10.6 Å². The normalized spacial score (nSPS) is 17.9. The molecule has 0 aliphatic carbocycles. The molecule has 1 aliphatic heterocycles. The van der Waals surface area contributed by atoms with Gasteiger partial charge in [0, 0.05) is 25.4 Å². The van der Waals surface area contributed by atoms with Gasteiger partial charge in [-0.25, -0.2) is 4.79 Å². The maximum Gasteiger partial charge on any atom is 0.319 e. The van der Waals surface area contributed by atoms with E-state index >= 15 is 0 Å². The number of hydrogen-bond acceptors (Lipinski definition) is 3. The Bertz CT molecular complexity index is 391. The summed E-state index contributed by atoms with van der Waals surface area (Å²) in [5, 5.41) is 5.56. The Balaban J connectivity index is 1.47. The number of anilines is 1. The van der Waals surface area contributed by atoms with Crippen LogP contribution in [0.25, 0.3) is 0 Å². The van der Waals surface area contributed by atoms with E-state index in [-0.39, 0.29) is 12.1 Å². The van der Waals surface area contributed by atoms with Crippen LogP contribution in [0.2, 0.25) is 0 Å². The lowest BCUT2D eigenvalue weighted by molar-refractivity contribution is 0.0168. The average Bonchev–Trinajstić information content (AvgIpc) is 2.97. The number of ether oxygens (including phenoxy) is 2. The van der Waals surface area contributed by atoms with Gasteiger partial charge in [-0.1, -0.05) is 18.2 Å². The first-order valence-corrected chi connectivity index (χ1v) is 7.14. The zero-order valence-electron chi connectivity index (χ0n) is 11.6. The number of carbonyl (C=O) groups excluding carboxylic acids is 1. The van der Waals surface area contributed by atoms with E-state index in [1.54, 1.807) is 0 Å². The van der Waals surface area contributed by atoms with E-state index in [4.69, 9.17) is 9.47 Å². The Morgan fingerprint density at radius 2 is 2.20 bits per heavy atom. The van der Waals surface area contributed by atoms with E-state index in [9.17, 15) is 4.79 Å². The molecule has 0 spiro atoms. The molecule has 110 valence electrons. The van der Waals surface area contributed by atoms with E-state index in [1.807, 2.05) is 30.3 Å². The minimum Gasteiger partial charge on any atom is -0.379 e. The van der Waals surface area contributed by atoms with Crippen molar-refractivity contribution < 1.29 is 14.3 Å². The van der Waals surface area contributed by atoms with Crippen LogP contribution in [0.15, 0.2) is 30.3 Å². The largest absolute Gasteiger partial charge is 0.379 e. The summed E-state index contributed by atoms with van der Waals surface area (Å²) in [5.74, 6) is 0. The van der Waals surface area contributed by atoms with Crippen molar-refractivity contribution in [2.45, 2.75) is 25.4 Å². The molecule has 1 aliphatic rings. The Hall–Kier alpha value is -1.59. The van der Waals surface area contributed by atoms with Crippen molar-refractivity contribution in [2.75, 3.05) is 31.7 Å². The summed E-state index contributed by atoms with van der Waals surface area (Å²) in [4.78, 5) is 11.6. The van der Waals surface area contributed by atoms with E-state index in [2.05, 4.69) is 10.6 Å². The van der Waals surface area contributed by atoms with Crippen LogP contribution >= 0.6 is 0 Å². The third kappa shape index (κ3) is 5.59. The highest BCUT2D eigenvalue weighted by Gasteiger charge is 2.14. The molecule has 1 heterocycles. The highest BCUT2D eigenvalue weighted by Crippen LogP contribution is 2.11. The second kappa shape index (κ2) is 8.55. The van der Waals surface area contributed by atoms with Crippen LogP contribution in [-0.4, -0.2) is 38.5 Å². The number of amides is 2. The SMILES string of the molecule is O=C(NCCCOCC1CCCO1)Nc1ccccc1. The first-order chi connectivity index (χ1) is 9.84. The predicted molar refractivity (Wildman–Crippen MR) is 77.9 cm³/mol. The molecule has 0 radical (unpaired) electrons. The maximum absolute atomic E-state index is 11.6. The first kappa shape index (κ1) is 14.8. The van der Waals surface area contributed by atoms with E-state index in [1.165, 1.54) is 0 Å². The Labute approximate surface area is 119 Å². The summed E-state index contributed by atoms with van der Waals surface area (Å²) in [6.07, 6.45) is 3.30. The maximum atomic E-state index is 11.6. The first-order valence-electron chi connectivity index (χ1n) is 7.14. The predicted octanol–water partition coefficient (Wildman–Crippen LogP) is 2.39. The number of hydrogen-bond donors (Lipinski definition) is 2. The molecule has 1 aromatic carbocycles. The summed E-state index contributed by atoms with van der Waals surface area (Å²) < 4.78 is 11.0. The summed E-state index contributed by atoms with van der Waals surface area (Å²) in [5.41, 5.74) is 0.791. The van der Waals surface area contributed by atoms with E-state index in [0.717, 1.165) is 31.6 Å². The number of rotatable bonds is 7. The van der Waals surface area contributed by atoms with Gasteiger partial charge in [-0.05, 0) is 31.4 Å². The molecule has 0 saturated carbocycles. The van der Waals surface area contributed by atoms with Gasteiger partial charge in [0.05, 0.1) is 12.7 Å². The average molecular weight is 278 g/mol. The molecule has 1 saturated heterocycles. The topological polar surface area (TPSA) is 59.6 Å².